The van der Waals surface area contributed by atoms with Gasteiger partial charge in [-0.05, 0) is 49.9 Å². The van der Waals surface area contributed by atoms with E-state index in [4.69, 9.17) is 4.74 Å². The fraction of sp³-hybridized carbons (Fsp3) is 0.333. The summed E-state index contributed by atoms with van der Waals surface area (Å²) in [4.78, 5) is 28.7. The SMILES string of the molecule is CC[C@@H](C)NC(=O)[C@@H](Cc1ccccc1)N(Cc1ccccc1)C(=O)COc1ccc(C)cc1C. The van der Waals surface area contributed by atoms with Crippen LogP contribution in [-0.2, 0) is 22.6 Å². The molecule has 0 aliphatic carbocycles. The highest BCUT2D eigenvalue weighted by Crippen LogP contribution is 2.20. The zero-order valence-electron chi connectivity index (χ0n) is 21.2. The number of benzene rings is 3. The van der Waals surface area contributed by atoms with Crippen molar-refractivity contribution in [2.45, 2.75) is 59.2 Å². The number of rotatable bonds is 11. The largest absolute Gasteiger partial charge is 0.483 e. The summed E-state index contributed by atoms with van der Waals surface area (Å²) in [5, 5.41) is 3.09. The summed E-state index contributed by atoms with van der Waals surface area (Å²) in [5.74, 6) is 0.292. The van der Waals surface area contributed by atoms with Gasteiger partial charge in [0, 0.05) is 19.0 Å². The number of carbonyl (C=O) groups is 2. The Morgan fingerprint density at radius 2 is 1.54 bits per heavy atom. The molecule has 3 aromatic rings. The summed E-state index contributed by atoms with van der Waals surface area (Å²) in [7, 11) is 0. The summed E-state index contributed by atoms with van der Waals surface area (Å²) < 4.78 is 5.93. The van der Waals surface area contributed by atoms with E-state index >= 15 is 0 Å². The number of nitrogens with zero attached hydrogens (tertiary/aromatic N) is 1. The minimum Gasteiger partial charge on any atom is -0.483 e. The molecule has 3 rings (SSSR count). The normalized spacial score (nSPS) is 12.5. The number of nitrogens with one attached hydrogen (secondary N) is 1. The van der Waals surface area contributed by atoms with Crippen LogP contribution in [0.5, 0.6) is 5.75 Å². The molecule has 0 aromatic heterocycles. The first-order valence-electron chi connectivity index (χ1n) is 12.2. The lowest BCUT2D eigenvalue weighted by Crippen LogP contribution is -2.53. The minimum absolute atomic E-state index is 0.0147. The molecule has 0 aliphatic heterocycles. The van der Waals surface area contributed by atoms with Gasteiger partial charge in [-0.25, -0.2) is 0 Å². The number of ether oxygens (including phenoxy) is 1. The number of hydrogen-bond acceptors (Lipinski definition) is 3. The standard InChI is InChI=1S/C30H36N2O3/c1-5-24(4)31-30(34)27(19-25-12-8-6-9-13-25)32(20-26-14-10-7-11-15-26)29(33)21-35-28-17-16-22(2)18-23(28)3/h6-18,24,27H,5,19-21H2,1-4H3,(H,31,34)/t24-,27-/m1/s1. The van der Waals surface area contributed by atoms with Gasteiger partial charge in [-0.15, -0.1) is 0 Å². The van der Waals surface area contributed by atoms with E-state index in [9.17, 15) is 9.59 Å². The number of amides is 2. The summed E-state index contributed by atoms with van der Waals surface area (Å²) in [6.07, 6.45) is 1.23. The van der Waals surface area contributed by atoms with Crippen LogP contribution < -0.4 is 10.1 Å². The molecule has 0 unspecified atom stereocenters. The van der Waals surface area contributed by atoms with Crippen molar-refractivity contribution < 1.29 is 14.3 Å². The average molecular weight is 473 g/mol. The fourth-order valence-corrected chi connectivity index (χ4v) is 3.96. The predicted molar refractivity (Wildman–Crippen MR) is 140 cm³/mol. The summed E-state index contributed by atoms with van der Waals surface area (Å²) >= 11 is 0. The van der Waals surface area contributed by atoms with E-state index in [2.05, 4.69) is 5.32 Å². The van der Waals surface area contributed by atoms with E-state index < -0.39 is 6.04 Å². The van der Waals surface area contributed by atoms with Gasteiger partial charge in [0.25, 0.3) is 5.91 Å². The molecule has 0 fully saturated rings. The fourth-order valence-electron chi connectivity index (χ4n) is 3.96. The van der Waals surface area contributed by atoms with Gasteiger partial charge in [-0.2, -0.15) is 0 Å². The van der Waals surface area contributed by atoms with E-state index in [1.807, 2.05) is 107 Å². The van der Waals surface area contributed by atoms with E-state index in [0.717, 1.165) is 28.7 Å². The average Bonchev–Trinajstić information content (AvgIpc) is 2.86. The van der Waals surface area contributed by atoms with Crippen LogP contribution in [0.25, 0.3) is 0 Å². The Bertz CT molecular complexity index is 1100. The molecule has 0 saturated carbocycles. The first-order chi connectivity index (χ1) is 16.9. The van der Waals surface area contributed by atoms with Crippen molar-refractivity contribution >= 4 is 11.8 Å². The molecule has 35 heavy (non-hydrogen) atoms. The van der Waals surface area contributed by atoms with Crippen molar-refractivity contribution in [2.75, 3.05) is 6.61 Å². The van der Waals surface area contributed by atoms with E-state index in [1.54, 1.807) is 4.90 Å². The maximum absolute atomic E-state index is 13.6. The molecule has 2 amide bonds. The molecule has 0 saturated heterocycles. The van der Waals surface area contributed by atoms with E-state index in [-0.39, 0.29) is 24.5 Å². The highest BCUT2D eigenvalue weighted by Gasteiger charge is 2.31. The van der Waals surface area contributed by atoms with Crippen LogP contribution >= 0.6 is 0 Å². The molecule has 2 atom stereocenters. The molecule has 0 heterocycles. The Balaban J connectivity index is 1.90. The van der Waals surface area contributed by atoms with Crippen LogP contribution in [0, 0.1) is 13.8 Å². The van der Waals surface area contributed by atoms with Crippen LogP contribution in [0.15, 0.2) is 78.9 Å². The zero-order valence-corrected chi connectivity index (χ0v) is 21.2. The van der Waals surface area contributed by atoms with Crippen LogP contribution in [0.1, 0.15) is 42.5 Å². The third-order valence-corrected chi connectivity index (χ3v) is 6.15. The molecule has 0 bridgehead atoms. The number of hydrogen-bond donors (Lipinski definition) is 1. The molecule has 1 N–H and O–H groups in total. The lowest BCUT2D eigenvalue weighted by atomic mass is 10.0. The quantitative estimate of drug-likeness (QED) is 0.415. The van der Waals surface area contributed by atoms with Crippen LogP contribution in [0.4, 0.5) is 0 Å². The molecular formula is C30H36N2O3. The lowest BCUT2D eigenvalue weighted by Gasteiger charge is -2.32. The van der Waals surface area contributed by atoms with Crippen molar-refractivity contribution in [3.8, 4) is 5.75 Å². The van der Waals surface area contributed by atoms with Gasteiger partial charge in [0.1, 0.15) is 11.8 Å². The molecule has 0 radical (unpaired) electrons. The molecule has 5 heteroatoms. The van der Waals surface area contributed by atoms with E-state index in [1.165, 1.54) is 0 Å². The first kappa shape index (κ1) is 26.0. The van der Waals surface area contributed by atoms with Crippen molar-refractivity contribution in [3.63, 3.8) is 0 Å². The second kappa shape index (κ2) is 12.7. The third-order valence-electron chi connectivity index (χ3n) is 6.15. The Labute approximate surface area is 209 Å². The topological polar surface area (TPSA) is 58.6 Å². The molecule has 0 aliphatic rings. The van der Waals surface area contributed by atoms with Crippen LogP contribution in [0.2, 0.25) is 0 Å². The van der Waals surface area contributed by atoms with Crippen molar-refractivity contribution in [3.05, 3.63) is 101 Å². The Morgan fingerprint density at radius 1 is 0.914 bits per heavy atom. The van der Waals surface area contributed by atoms with Crippen molar-refractivity contribution in [1.29, 1.82) is 0 Å². The Hall–Kier alpha value is -3.60. The van der Waals surface area contributed by atoms with Gasteiger partial charge in [0.15, 0.2) is 6.61 Å². The molecule has 3 aromatic carbocycles. The van der Waals surface area contributed by atoms with Gasteiger partial charge in [0.2, 0.25) is 5.91 Å². The zero-order chi connectivity index (χ0) is 25.2. The minimum atomic E-state index is -0.665. The highest BCUT2D eigenvalue weighted by atomic mass is 16.5. The lowest BCUT2D eigenvalue weighted by molar-refractivity contribution is -0.143. The smallest absolute Gasteiger partial charge is 0.261 e. The maximum atomic E-state index is 13.6. The van der Waals surface area contributed by atoms with Crippen LogP contribution in [-0.4, -0.2) is 35.4 Å². The second-order valence-electron chi connectivity index (χ2n) is 9.09. The summed E-state index contributed by atoms with van der Waals surface area (Å²) in [5.41, 5.74) is 4.07. The van der Waals surface area contributed by atoms with Crippen molar-refractivity contribution in [2.24, 2.45) is 0 Å². The first-order valence-corrected chi connectivity index (χ1v) is 12.2. The van der Waals surface area contributed by atoms with E-state index in [0.29, 0.717) is 18.7 Å². The Morgan fingerprint density at radius 3 is 2.14 bits per heavy atom. The maximum Gasteiger partial charge on any atom is 0.261 e. The molecule has 0 spiro atoms. The molecule has 5 nitrogen and oxygen atoms in total. The monoisotopic (exact) mass is 472 g/mol. The van der Waals surface area contributed by atoms with Crippen LogP contribution in [0.3, 0.4) is 0 Å². The Kier molecular flexibility index (Phi) is 9.47. The molecule has 184 valence electrons. The summed E-state index contributed by atoms with van der Waals surface area (Å²) in [6, 6.07) is 24.8. The van der Waals surface area contributed by atoms with Gasteiger partial charge < -0.3 is 15.0 Å². The number of carbonyl (C=O) groups excluding carboxylic acids is 2. The third kappa shape index (κ3) is 7.71. The highest BCUT2D eigenvalue weighted by molar-refractivity contribution is 5.88. The summed E-state index contributed by atoms with van der Waals surface area (Å²) in [6.45, 7) is 8.17. The van der Waals surface area contributed by atoms with Gasteiger partial charge >= 0.3 is 0 Å². The van der Waals surface area contributed by atoms with Gasteiger partial charge in [0.05, 0.1) is 0 Å². The number of aryl methyl sites for hydroxylation is 2. The van der Waals surface area contributed by atoms with Gasteiger partial charge in [-0.1, -0.05) is 85.3 Å². The predicted octanol–water partition coefficient (Wildman–Crippen LogP) is 5.24. The molecular weight excluding hydrogens is 436 g/mol. The second-order valence-corrected chi connectivity index (χ2v) is 9.09. The van der Waals surface area contributed by atoms with Gasteiger partial charge in [-0.3, -0.25) is 9.59 Å². The van der Waals surface area contributed by atoms with Crippen molar-refractivity contribution in [1.82, 2.24) is 10.2 Å².